The Morgan fingerprint density at radius 3 is 2.57 bits per heavy atom. The van der Waals surface area contributed by atoms with Crippen LogP contribution in [0.2, 0.25) is 0 Å². The molecular formula is C37H53N3O7. The van der Waals surface area contributed by atoms with Crippen molar-refractivity contribution in [3.05, 3.63) is 61.2 Å². The van der Waals surface area contributed by atoms with E-state index in [9.17, 15) is 24.3 Å². The quantitative estimate of drug-likeness (QED) is 0.130. The number of hydrogen-bond acceptors (Lipinski definition) is 7. The van der Waals surface area contributed by atoms with Crippen LogP contribution in [0, 0.1) is 17.8 Å². The van der Waals surface area contributed by atoms with Gasteiger partial charge in [-0.25, -0.2) is 0 Å². The van der Waals surface area contributed by atoms with E-state index in [1.165, 1.54) is 0 Å². The summed E-state index contributed by atoms with van der Waals surface area (Å²) >= 11 is 0. The minimum Gasteiger partial charge on any atom is -0.455 e. The Kier molecular flexibility index (Phi) is 12.8. The van der Waals surface area contributed by atoms with Crippen LogP contribution in [-0.2, 0) is 28.7 Å². The Hall–Kier alpha value is -3.50. The van der Waals surface area contributed by atoms with Crippen molar-refractivity contribution in [1.29, 1.82) is 0 Å². The lowest BCUT2D eigenvalue weighted by molar-refractivity contribution is -0.161. The number of nitrogens with zero attached hydrogens (tertiary/aromatic N) is 2. The third-order valence-corrected chi connectivity index (χ3v) is 10.3. The second-order valence-electron chi connectivity index (χ2n) is 13.2. The van der Waals surface area contributed by atoms with Crippen LogP contribution in [0.25, 0.3) is 0 Å². The zero-order chi connectivity index (χ0) is 34.1. The van der Waals surface area contributed by atoms with Gasteiger partial charge in [0.05, 0.1) is 37.1 Å². The van der Waals surface area contributed by atoms with Gasteiger partial charge in [0.25, 0.3) is 0 Å². The number of fused-ring (bicyclic) bond motifs is 1. The van der Waals surface area contributed by atoms with Gasteiger partial charge in [-0.15, -0.1) is 13.2 Å². The zero-order valence-corrected chi connectivity index (χ0v) is 28.3. The SMILES string of the molecule is C=CCCC(=O)NC[C@H](OC(=O)[C@@H]1[C@H]2C(=O)N([C@@H](CO)[C@@H](C)CC)[C@H](C(=O)N(CC=C)CCCCC)[C@]23CC[C@H]1O3)c1ccccc1. The van der Waals surface area contributed by atoms with Crippen molar-refractivity contribution >= 4 is 23.7 Å². The Labute approximate surface area is 279 Å². The van der Waals surface area contributed by atoms with Crippen LogP contribution in [-0.4, -0.2) is 88.6 Å². The summed E-state index contributed by atoms with van der Waals surface area (Å²) in [5.41, 5.74) is -0.505. The molecule has 3 aliphatic heterocycles. The maximum Gasteiger partial charge on any atom is 0.313 e. The first-order valence-corrected chi connectivity index (χ1v) is 17.3. The van der Waals surface area contributed by atoms with E-state index >= 15 is 0 Å². The first-order chi connectivity index (χ1) is 22.7. The highest BCUT2D eigenvalue weighted by Gasteiger charge is 2.75. The van der Waals surface area contributed by atoms with Crippen LogP contribution < -0.4 is 5.32 Å². The van der Waals surface area contributed by atoms with Crippen LogP contribution in [0.4, 0.5) is 0 Å². The summed E-state index contributed by atoms with van der Waals surface area (Å²) in [5, 5.41) is 13.5. The Balaban J connectivity index is 1.68. The summed E-state index contributed by atoms with van der Waals surface area (Å²) in [6.07, 6.45) is 7.17. The molecule has 3 fully saturated rings. The molecule has 3 amide bonds. The number of likely N-dealkylation sites (tertiary alicyclic amines) is 1. The van der Waals surface area contributed by atoms with Crippen molar-refractivity contribution in [2.24, 2.45) is 17.8 Å². The molecule has 1 aromatic carbocycles. The molecule has 0 aliphatic carbocycles. The van der Waals surface area contributed by atoms with Gasteiger partial charge < -0.3 is 29.7 Å². The summed E-state index contributed by atoms with van der Waals surface area (Å²) in [7, 11) is 0. The summed E-state index contributed by atoms with van der Waals surface area (Å²) < 4.78 is 12.8. The van der Waals surface area contributed by atoms with Gasteiger partial charge in [-0.1, -0.05) is 82.5 Å². The molecule has 3 aliphatic rings. The third-order valence-electron chi connectivity index (χ3n) is 10.3. The molecule has 2 bridgehead atoms. The van der Waals surface area contributed by atoms with E-state index in [-0.39, 0.29) is 43.2 Å². The Bertz CT molecular complexity index is 1270. The van der Waals surface area contributed by atoms with E-state index in [4.69, 9.17) is 9.47 Å². The monoisotopic (exact) mass is 651 g/mol. The van der Waals surface area contributed by atoms with Crippen molar-refractivity contribution in [1.82, 2.24) is 15.1 Å². The molecule has 3 heterocycles. The minimum atomic E-state index is -1.21. The highest BCUT2D eigenvalue weighted by Crippen LogP contribution is 2.59. The number of nitrogens with one attached hydrogen (secondary N) is 1. The molecule has 0 unspecified atom stereocenters. The fraction of sp³-hybridized carbons (Fsp3) is 0.622. The molecule has 10 nitrogen and oxygen atoms in total. The fourth-order valence-electron chi connectivity index (χ4n) is 7.62. The number of aliphatic hydroxyl groups excluding tert-OH is 1. The first-order valence-electron chi connectivity index (χ1n) is 17.3. The van der Waals surface area contributed by atoms with Gasteiger partial charge in [0.2, 0.25) is 17.7 Å². The highest BCUT2D eigenvalue weighted by molar-refractivity contribution is 5.98. The molecule has 0 saturated carbocycles. The van der Waals surface area contributed by atoms with Gasteiger partial charge in [-0.2, -0.15) is 0 Å². The minimum absolute atomic E-state index is 0.0653. The molecule has 4 rings (SSSR count). The van der Waals surface area contributed by atoms with E-state index in [1.807, 2.05) is 44.2 Å². The second-order valence-corrected chi connectivity index (χ2v) is 13.2. The highest BCUT2D eigenvalue weighted by atomic mass is 16.6. The third kappa shape index (κ3) is 7.49. The predicted molar refractivity (Wildman–Crippen MR) is 179 cm³/mol. The number of rotatable bonds is 19. The topological polar surface area (TPSA) is 125 Å². The van der Waals surface area contributed by atoms with Crippen LogP contribution >= 0.6 is 0 Å². The van der Waals surface area contributed by atoms with Crippen molar-refractivity contribution in [2.45, 2.75) is 102 Å². The average Bonchev–Trinajstić information content (AvgIpc) is 3.73. The lowest BCUT2D eigenvalue weighted by atomic mass is 9.70. The second kappa shape index (κ2) is 16.6. The van der Waals surface area contributed by atoms with Crippen LogP contribution in [0.15, 0.2) is 55.6 Å². The maximum absolute atomic E-state index is 14.6. The van der Waals surface area contributed by atoms with E-state index in [1.54, 1.807) is 22.0 Å². The van der Waals surface area contributed by atoms with Crippen molar-refractivity contribution in [2.75, 3.05) is 26.2 Å². The number of allylic oxidation sites excluding steroid dienone is 1. The van der Waals surface area contributed by atoms with Gasteiger partial charge in [-0.3, -0.25) is 19.2 Å². The molecular weight excluding hydrogens is 598 g/mol. The number of aliphatic hydroxyl groups is 1. The average molecular weight is 652 g/mol. The first kappa shape index (κ1) is 36.3. The lowest BCUT2D eigenvalue weighted by Crippen LogP contribution is -2.59. The largest absolute Gasteiger partial charge is 0.455 e. The number of benzene rings is 1. The fourth-order valence-corrected chi connectivity index (χ4v) is 7.62. The van der Waals surface area contributed by atoms with E-state index in [0.717, 1.165) is 19.3 Å². The number of hydrogen-bond donors (Lipinski definition) is 2. The van der Waals surface area contributed by atoms with Crippen LogP contribution in [0.5, 0.6) is 0 Å². The normalized spacial score (nSPS) is 26.3. The van der Waals surface area contributed by atoms with Crippen molar-refractivity contribution < 1.29 is 33.8 Å². The molecule has 0 radical (unpaired) electrons. The van der Waals surface area contributed by atoms with E-state index in [0.29, 0.717) is 44.3 Å². The Morgan fingerprint density at radius 1 is 1.19 bits per heavy atom. The predicted octanol–water partition coefficient (Wildman–Crippen LogP) is 4.34. The van der Waals surface area contributed by atoms with Crippen LogP contribution in [0.1, 0.15) is 83.8 Å². The lowest BCUT2D eigenvalue weighted by Gasteiger charge is -2.41. The number of carbonyl (C=O) groups excluding carboxylic acids is 4. The maximum atomic E-state index is 14.6. The number of esters is 1. The zero-order valence-electron chi connectivity index (χ0n) is 28.3. The molecule has 258 valence electrons. The number of ether oxygens (including phenoxy) is 2. The number of amides is 3. The molecule has 10 heteroatoms. The number of carbonyl (C=O) groups is 4. The van der Waals surface area contributed by atoms with Crippen molar-refractivity contribution in [3.63, 3.8) is 0 Å². The molecule has 3 saturated heterocycles. The smallest absolute Gasteiger partial charge is 0.313 e. The summed E-state index contributed by atoms with van der Waals surface area (Å²) in [6.45, 7) is 14.2. The van der Waals surface area contributed by atoms with Crippen molar-refractivity contribution in [3.8, 4) is 0 Å². The summed E-state index contributed by atoms with van der Waals surface area (Å²) in [5.74, 6) is -3.32. The molecule has 47 heavy (non-hydrogen) atoms. The molecule has 8 atom stereocenters. The van der Waals surface area contributed by atoms with Gasteiger partial charge in [0.15, 0.2) is 0 Å². The summed E-state index contributed by atoms with van der Waals surface area (Å²) in [6, 6.07) is 7.57. The summed E-state index contributed by atoms with van der Waals surface area (Å²) in [4.78, 5) is 59.1. The molecule has 2 N–H and O–H groups in total. The van der Waals surface area contributed by atoms with Gasteiger partial charge >= 0.3 is 5.97 Å². The van der Waals surface area contributed by atoms with E-state index < -0.39 is 47.7 Å². The molecule has 1 aromatic rings. The van der Waals surface area contributed by atoms with Gasteiger partial charge in [0.1, 0.15) is 17.7 Å². The van der Waals surface area contributed by atoms with Gasteiger partial charge in [-0.05, 0) is 37.2 Å². The van der Waals surface area contributed by atoms with Gasteiger partial charge in [0, 0.05) is 19.5 Å². The Morgan fingerprint density at radius 2 is 1.94 bits per heavy atom. The van der Waals surface area contributed by atoms with Crippen LogP contribution in [0.3, 0.4) is 0 Å². The number of unbranched alkanes of at least 4 members (excludes halogenated alkanes) is 2. The standard InChI is InChI=1S/C37H53N3O7/c1-6-10-15-22-39(21-8-3)35(44)33-37-20-19-28(47-37)31(32(37)34(43)40(33)27(24-41)25(5)9-4)36(45)46-29(26-16-13-12-14-17-26)23-38-30(42)18-11-7-2/h7-8,12-14,16-17,25,27-29,31-33,41H,2-3,6,9-11,15,18-24H2,1,4-5H3,(H,38,42)/t25-,27-,28+,29-,31-,32-,33+,37-/m0/s1. The molecule has 0 aromatic heterocycles. The molecule has 1 spiro atoms. The van der Waals surface area contributed by atoms with E-state index in [2.05, 4.69) is 25.4 Å².